The smallest absolute Gasteiger partial charge is 0.284 e. The van der Waals surface area contributed by atoms with Gasteiger partial charge >= 0.3 is 0 Å². The average Bonchev–Trinajstić information content (AvgIpc) is 2.99. The highest BCUT2D eigenvalue weighted by Crippen LogP contribution is 2.10. The molecule has 0 spiro atoms. The lowest BCUT2D eigenvalue weighted by Gasteiger charge is -2.22. The van der Waals surface area contributed by atoms with E-state index in [4.69, 9.17) is 10.2 Å². The number of carbonyl (C=O) groups excluding carboxylic acids is 1. The fraction of sp³-hybridized carbons (Fsp3) is 0.294. The molecule has 1 heterocycles. The molecule has 0 radical (unpaired) electrons. The van der Waals surface area contributed by atoms with E-state index in [0.29, 0.717) is 12.3 Å². The number of hydrogen-bond acceptors (Lipinski definition) is 3. The number of nitrogens with one attached hydrogen (secondary N) is 1. The predicted molar refractivity (Wildman–Crippen MR) is 90.1 cm³/mol. The third-order valence-corrected chi connectivity index (χ3v) is 3.57. The van der Waals surface area contributed by atoms with Crippen molar-refractivity contribution in [2.75, 3.05) is 14.1 Å². The Labute approximate surface area is 136 Å². The molecule has 0 saturated heterocycles. The Morgan fingerprint density at radius 3 is 2.65 bits per heavy atom. The van der Waals surface area contributed by atoms with Crippen LogP contribution in [0.25, 0.3) is 0 Å². The molecule has 1 aromatic carbocycles. The SMILES string of the molecule is CN=C(NCc1ccc(C(N)=O)o1)N(C)Cc1ccccc1C. The summed E-state index contributed by atoms with van der Waals surface area (Å²) in [7, 11) is 3.70. The molecule has 0 unspecified atom stereocenters. The van der Waals surface area contributed by atoms with Crippen molar-refractivity contribution in [2.24, 2.45) is 10.7 Å². The van der Waals surface area contributed by atoms with Crippen LogP contribution < -0.4 is 11.1 Å². The number of rotatable bonds is 5. The Balaban J connectivity index is 1.96. The summed E-state index contributed by atoms with van der Waals surface area (Å²) in [6.07, 6.45) is 0. The van der Waals surface area contributed by atoms with Gasteiger partial charge in [0, 0.05) is 20.6 Å². The molecule has 0 aliphatic rings. The highest BCUT2D eigenvalue weighted by atomic mass is 16.3. The highest BCUT2D eigenvalue weighted by Gasteiger charge is 2.10. The lowest BCUT2D eigenvalue weighted by Crippen LogP contribution is -2.38. The summed E-state index contributed by atoms with van der Waals surface area (Å²) >= 11 is 0. The average molecular weight is 314 g/mol. The van der Waals surface area contributed by atoms with Gasteiger partial charge in [-0.15, -0.1) is 0 Å². The third-order valence-electron chi connectivity index (χ3n) is 3.57. The van der Waals surface area contributed by atoms with Gasteiger partial charge < -0.3 is 20.4 Å². The summed E-state index contributed by atoms with van der Waals surface area (Å²) in [6, 6.07) is 11.5. The van der Waals surface area contributed by atoms with E-state index >= 15 is 0 Å². The Morgan fingerprint density at radius 1 is 1.30 bits per heavy atom. The number of primary amides is 1. The zero-order valence-electron chi connectivity index (χ0n) is 13.7. The van der Waals surface area contributed by atoms with Crippen LogP contribution in [0.15, 0.2) is 45.8 Å². The Morgan fingerprint density at radius 2 is 2.04 bits per heavy atom. The van der Waals surface area contributed by atoms with Crippen LogP contribution >= 0.6 is 0 Å². The predicted octanol–water partition coefficient (Wildman–Crippen LogP) is 1.89. The Kier molecular flexibility index (Phi) is 5.41. The van der Waals surface area contributed by atoms with Crippen molar-refractivity contribution in [1.82, 2.24) is 10.2 Å². The van der Waals surface area contributed by atoms with Crippen LogP contribution in [0.5, 0.6) is 0 Å². The second kappa shape index (κ2) is 7.49. The minimum atomic E-state index is -0.572. The number of amides is 1. The lowest BCUT2D eigenvalue weighted by molar-refractivity contribution is 0.0972. The van der Waals surface area contributed by atoms with Gasteiger partial charge in [0.05, 0.1) is 6.54 Å². The van der Waals surface area contributed by atoms with Crippen LogP contribution in [-0.4, -0.2) is 30.9 Å². The quantitative estimate of drug-likeness (QED) is 0.652. The van der Waals surface area contributed by atoms with Crippen LogP contribution in [0.1, 0.15) is 27.4 Å². The van der Waals surface area contributed by atoms with Gasteiger partial charge in [0.1, 0.15) is 5.76 Å². The van der Waals surface area contributed by atoms with Crippen molar-refractivity contribution < 1.29 is 9.21 Å². The zero-order valence-corrected chi connectivity index (χ0v) is 13.7. The second-order valence-corrected chi connectivity index (χ2v) is 5.31. The minimum absolute atomic E-state index is 0.157. The summed E-state index contributed by atoms with van der Waals surface area (Å²) in [5.41, 5.74) is 7.66. The van der Waals surface area contributed by atoms with Gasteiger partial charge in [-0.3, -0.25) is 9.79 Å². The summed E-state index contributed by atoms with van der Waals surface area (Å²) in [5, 5.41) is 3.21. The van der Waals surface area contributed by atoms with Crippen LogP contribution in [0.4, 0.5) is 0 Å². The molecule has 3 N–H and O–H groups in total. The fourth-order valence-corrected chi connectivity index (χ4v) is 2.27. The number of nitrogens with zero attached hydrogens (tertiary/aromatic N) is 2. The number of aliphatic imine (C=N–C) groups is 1. The molecule has 23 heavy (non-hydrogen) atoms. The Bertz CT molecular complexity index is 706. The molecule has 0 bridgehead atoms. The van der Waals surface area contributed by atoms with Crippen molar-refractivity contribution in [3.8, 4) is 0 Å². The normalized spacial score (nSPS) is 11.3. The molecular formula is C17H22N4O2. The van der Waals surface area contributed by atoms with E-state index in [1.54, 1.807) is 19.2 Å². The van der Waals surface area contributed by atoms with Gasteiger partial charge in [0.25, 0.3) is 5.91 Å². The maximum atomic E-state index is 11.0. The maximum Gasteiger partial charge on any atom is 0.284 e. The summed E-state index contributed by atoms with van der Waals surface area (Å²) in [4.78, 5) is 17.3. The molecule has 2 aromatic rings. The van der Waals surface area contributed by atoms with Gasteiger partial charge in [-0.1, -0.05) is 24.3 Å². The first-order chi connectivity index (χ1) is 11.0. The molecule has 0 aliphatic heterocycles. The molecule has 2 rings (SSSR count). The molecular weight excluding hydrogens is 292 g/mol. The van der Waals surface area contributed by atoms with Gasteiger partial charge in [0.15, 0.2) is 11.7 Å². The summed E-state index contributed by atoms with van der Waals surface area (Å²) in [5.74, 6) is 0.955. The standard InChI is InChI=1S/C17H22N4O2/c1-12-6-4-5-7-13(12)11-21(3)17(19-2)20-10-14-8-9-15(23-14)16(18)22/h4-9H,10-11H2,1-3H3,(H2,18,22)(H,19,20). The molecule has 0 aliphatic carbocycles. The van der Waals surface area contributed by atoms with E-state index < -0.39 is 5.91 Å². The molecule has 1 amide bonds. The van der Waals surface area contributed by atoms with Crippen molar-refractivity contribution in [2.45, 2.75) is 20.0 Å². The van der Waals surface area contributed by atoms with E-state index in [1.165, 1.54) is 11.1 Å². The monoisotopic (exact) mass is 314 g/mol. The highest BCUT2D eigenvalue weighted by molar-refractivity contribution is 5.89. The second-order valence-electron chi connectivity index (χ2n) is 5.31. The van der Waals surface area contributed by atoms with Crippen LogP contribution in [0.2, 0.25) is 0 Å². The largest absolute Gasteiger partial charge is 0.454 e. The number of aryl methyl sites for hydroxylation is 1. The van der Waals surface area contributed by atoms with E-state index in [0.717, 1.165) is 12.5 Å². The zero-order chi connectivity index (χ0) is 16.8. The van der Waals surface area contributed by atoms with Gasteiger partial charge in [-0.25, -0.2) is 0 Å². The van der Waals surface area contributed by atoms with E-state index in [1.807, 2.05) is 24.1 Å². The number of benzene rings is 1. The van der Waals surface area contributed by atoms with Crippen LogP contribution in [-0.2, 0) is 13.1 Å². The molecule has 0 atom stereocenters. The van der Waals surface area contributed by atoms with E-state index in [2.05, 4.69) is 29.4 Å². The number of carbonyl (C=O) groups is 1. The van der Waals surface area contributed by atoms with Crippen molar-refractivity contribution >= 4 is 11.9 Å². The molecule has 122 valence electrons. The third kappa shape index (κ3) is 4.35. The first-order valence-electron chi connectivity index (χ1n) is 7.36. The van der Waals surface area contributed by atoms with Crippen LogP contribution in [0, 0.1) is 6.92 Å². The van der Waals surface area contributed by atoms with Crippen molar-refractivity contribution in [3.63, 3.8) is 0 Å². The number of hydrogen-bond donors (Lipinski definition) is 2. The van der Waals surface area contributed by atoms with Crippen molar-refractivity contribution in [1.29, 1.82) is 0 Å². The lowest BCUT2D eigenvalue weighted by atomic mass is 10.1. The van der Waals surface area contributed by atoms with Gasteiger partial charge in [-0.05, 0) is 30.2 Å². The first kappa shape index (κ1) is 16.6. The number of furan rings is 1. The summed E-state index contributed by atoms with van der Waals surface area (Å²) < 4.78 is 5.35. The molecule has 0 fully saturated rings. The minimum Gasteiger partial charge on any atom is -0.454 e. The Hall–Kier alpha value is -2.76. The van der Waals surface area contributed by atoms with Gasteiger partial charge in [0.2, 0.25) is 0 Å². The van der Waals surface area contributed by atoms with Gasteiger partial charge in [-0.2, -0.15) is 0 Å². The molecule has 1 aromatic heterocycles. The maximum absolute atomic E-state index is 11.0. The number of nitrogens with two attached hydrogens (primary N) is 1. The van der Waals surface area contributed by atoms with Crippen LogP contribution in [0.3, 0.4) is 0 Å². The fourth-order valence-electron chi connectivity index (χ4n) is 2.27. The molecule has 0 saturated carbocycles. The topological polar surface area (TPSA) is 83.9 Å². The summed E-state index contributed by atoms with van der Waals surface area (Å²) in [6.45, 7) is 3.27. The van der Waals surface area contributed by atoms with E-state index in [9.17, 15) is 4.79 Å². The number of guanidine groups is 1. The van der Waals surface area contributed by atoms with E-state index in [-0.39, 0.29) is 5.76 Å². The molecule has 6 heteroatoms. The first-order valence-corrected chi connectivity index (χ1v) is 7.36. The van der Waals surface area contributed by atoms with Crippen molar-refractivity contribution in [3.05, 3.63) is 59.0 Å². The molecule has 6 nitrogen and oxygen atoms in total.